The van der Waals surface area contributed by atoms with E-state index in [9.17, 15) is 4.79 Å². The molecule has 0 bridgehead atoms. The van der Waals surface area contributed by atoms with Crippen LogP contribution in [0.25, 0.3) is 0 Å². The summed E-state index contributed by atoms with van der Waals surface area (Å²) in [5.41, 5.74) is 5.69. The molecule has 1 amide bonds. The lowest BCUT2D eigenvalue weighted by Gasteiger charge is -2.16. The van der Waals surface area contributed by atoms with Crippen LogP contribution >= 0.6 is 11.8 Å². The molecule has 0 spiro atoms. The Labute approximate surface area is 91.2 Å². The molecule has 0 fully saturated rings. The number of thioether (sulfide) groups is 1. The molecule has 2 unspecified atom stereocenters. The highest BCUT2D eigenvalue weighted by atomic mass is 32.2. The van der Waals surface area contributed by atoms with Crippen molar-refractivity contribution in [2.24, 2.45) is 5.73 Å². The lowest BCUT2D eigenvalue weighted by Crippen LogP contribution is -2.45. The van der Waals surface area contributed by atoms with E-state index >= 15 is 0 Å². The molecule has 0 aliphatic carbocycles. The zero-order valence-electron chi connectivity index (χ0n) is 9.38. The molecule has 0 saturated carbocycles. The fourth-order valence-corrected chi connectivity index (χ4v) is 1.80. The number of nitrogens with two attached hydrogens (primary N) is 1. The van der Waals surface area contributed by atoms with Gasteiger partial charge in [0.2, 0.25) is 5.91 Å². The first kappa shape index (κ1) is 13.8. The Morgan fingerprint density at radius 3 is 2.64 bits per heavy atom. The van der Waals surface area contributed by atoms with Gasteiger partial charge in [0.1, 0.15) is 0 Å². The lowest BCUT2D eigenvalue weighted by molar-refractivity contribution is -0.122. The van der Waals surface area contributed by atoms with E-state index in [1.807, 2.05) is 25.6 Å². The number of carbonyl (C=O) groups is 1. The van der Waals surface area contributed by atoms with Crippen LogP contribution in [0.1, 0.15) is 33.6 Å². The molecule has 0 aliphatic heterocycles. The van der Waals surface area contributed by atoms with E-state index in [1.54, 1.807) is 0 Å². The molecular weight excluding hydrogens is 196 g/mol. The van der Waals surface area contributed by atoms with E-state index in [0.717, 1.165) is 24.3 Å². The van der Waals surface area contributed by atoms with Gasteiger partial charge in [0.15, 0.2) is 0 Å². The van der Waals surface area contributed by atoms with E-state index in [-0.39, 0.29) is 18.0 Å². The monoisotopic (exact) mass is 218 g/mol. The summed E-state index contributed by atoms with van der Waals surface area (Å²) in [5.74, 6) is 2.03. The highest BCUT2D eigenvalue weighted by molar-refractivity contribution is 7.99. The highest BCUT2D eigenvalue weighted by Crippen LogP contribution is 2.02. The predicted octanol–water partition coefficient (Wildman–Crippen LogP) is 1.37. The van der Waals surface area contributed by atoms with Gasteiger partial charge in [-0.2, -0.15) is 11.8 Å². The zero-order valence-corrected chi connectivity index (χ0v) is 10.2. The third kappa shape index (κ3) is 6.27. The molecule has 3 N–H and O–H groups in total. The molecule has 0 aromatic carbocycles. The van der Waals surface area contributed by atoms with E-state index < -0.39 is 0 Å². The maximum Gasteiger partial charge on any atom is 0.237 e. The van der Waals surface area contributed by atoms with Gasteiger partial charge < -0.3 is 11.1 Å². The molecular formula is C10H22N2OS. The van der Waals surface area contributed by atoms with Crippen LogP contribution in [0.4, 0.5) is 0 Å². The Bertz CT molecular complexity index is 164. The average Bonchev–Trinajstić information content (AvgIpc) is 2.15. The van der Waals surface area contributed by atoms with Crippen LogP contribution in [0.3, 0.4) is 0 Å². The van der Waals surface area contributed by atoms with Crippen LogP contribution in [0.15, 0.2) is 0 Å². The number of rotatable bonds is 7. The van der Waals surface area contributed by atoms with Gasteiger partial charge in [0.25, 0.3) is 0 Å². The third-order valence-corrected chi connectivity index (χ3v) is 3.04. The van der Waals surface area contributed by atoms with E-state index in [4.69, 9.17) is 5.73 Å². The molecule has 0 aliphatic rings. The first-order chi connectivity index (χ1) is 6.61. The minimum atomic E-state index is -0.339. The minimum Gasteiger partial charge on any atom is -0.351 e. The normalized spacial score (nSPS) is 14.9. The fraction of sp³-hybridized carbons (Fsp3) is 0.900. The van der Waals surface area contributed by atoms with E-state index in [0.29, 0.717) is 0 Å². The van der Waals surface area contributed by atoms with Crippen molar-refractivity contribution in [3.63, 3.8) is 0 Å². The van der Waals surface area contributed by atoms with Crippen molar-refractivity contribution in [2.75, 3.05) is 11.5 Å². The molecule has 0 aromatic heterocycles. The Hall–Kier alpha value is -0.220. The van der Waals surface area contributed by atoms with Gasteiger partial charge in [-0.05, 0) is 19.1 Å². The second-order valence-electron chi connectivity index (χ2n) is 3.46. The van der Waals surface area contributed by atoms with Gasteiger partial charge in [0, 0.05) is 11.8 Å². The molecule has 4 heteroatoms. The third-order valence-electron chi connectivity index (χ3n) is 1.90. The SMILES string of the molecule is CCCC(N)C(=O)NC(C)CSCC. The number of nitrogens with one attached hydrogen (secondary N) is 1. The Morgan fingerprint density at radius 2 is 2.14 bits per heavy atom. The van der Waals surface area contributed by atoms with Gasteiger partial charge >= 0.3 is 0 Å². The summed E-state index contributed by atoms with van der Waals surface area (Å²) < 4.78 is 0. The fourth-order valence-electron chi connectivity index (χ4n) is 1.13. The lowest BCUT2D eigenvalue weighted by atomic mass is 10.1. The van der Waals surface area contributed by atoms with Gasteiger partial charge in [-0.1, -0.05) is 20.3 Å². The molecule has 14 heavy (non-hydrogen) atoms. The number of hydrogen-bond acceptors (Lipinski definition) is 3. The summed E-state index contributed by atoms with van der Waals surface area (Å²) in [7, 11) is 0. The van der Waals surface area contributed by atoms with Crippen LogP contribution in [0.2, 0.25) is 0 Å². The topological polar surface area (TPSA) is 55.1 Å². The van der Waals surface area contributed by atoms with Crippen LogP contribution in [0.5, 0.6) is 0 Å². The summed E-state index contributed by atoms with van der Waals surface area (Å²) in [6, 6.07) is -0.121. The molecule has 0 aromatic rings. The van der Waals surface area contributed by atoms with E-state index in [2.05, 4.69) is 12.2 Å². The summed E-state index contributed by atoms with van der Waals surface area (Å²) in [5, 5.41) is 2.91. The largest absolute Gasteiger partial charge is 0.351 e. The highest BCUT2D eigenvalue weighted by Gasteiger charge is 2.14. The van der Waals surface area contributed by atoms with Crippen molar-refractivity contribution < 1.29 is 4.79 Å². The Balaban J connectivity index is 3.69. The van der Waals surface area contributed by atoms with Crippen LogP contribution < -0.4 is 11.1 Å². The first-order valence-corrected chi connectivity index (χ1v) is 6.40. The quantitative estimate of drug-likeness (QED) is 0.678. The second-order valence-corrected chi connectivity index (χ2v) is 4.78. The maximum atomic E-state index is 11.5. The van der Waals surface area contributed by atoms with Crippen LogP contribution in [0, 0.1) is 0 Å². The minimum absolute atomic E-state index is 0.0175. The maximum absolute atomic E-state index is 11.5. The summed E-state index contributed by atoms with van der Waals surface area (Å²) in [6.45, 7) is 6.16. The van der Waals surface area contributed by atoms with Crippen molar-refractivity contribution in [1.29, 1.82) is 0 Å². The van der Waals surface area contributed by atoms with Crippen molar-refractivity contribution in [2.45, 2.75) is 45.7 Å². The standard InChI is InChI=1S/C10H22N2OS/c1-4-6-9(11)10(13)12-8(3)7-14-5-2/h8-9H,4-7,11H2,1-3H3,(H,12,13). The molecule has 84 valence electrons. The van der Waals surface area contributed by atoms with Crippen molar-refractivity contribution in [1.82, 2.24) is 5.32 Å². The van der Waals surface area contributed by atoms with Gasteiger partial charge in [-0.25, -0.2) is 0 Å². The summed E-state index contributed by atoms with van der Waals surface area (Å²) in [4.78, 5) is 11.5. The molecule has 0 rings (SSSR count). The molecule has 0 radical (unpaired) electrons. The van der Waals surface area contributed by atoms with Gasteiger partial charge in [-0.3, -0.25) is 4.79 Å². The number of hydrogen-bond donors (Lipinski definition) is 2. The molecule has 3 nitrogen and oxygen atoms in total. The number of amides is 1. The Morgan fingerprint density at radius 1 is 1.50 bits per heavy atom. The number of carbonyl (C=O) groups excluding carboxylic acids is 1. The second kappa shape index (κ2) is 8.12. The first-order valence-electron chi connectivity index (χ1n) is 5.25. The van der Waals surface area contributed by atoms with Crippen molar-refractivity contribution >= 4 is 17.7 Å². The molecule has 0 saturated heterocycles. The van der Waals surface area contributed by atoms with E-state index in [1.165, 1.54) is 0 Å². The zero-order chi connectivity index (χ0) is 11.0. The predicted molar refractivity (Wildman–Crippen MR) is 63.5 cm³/mol. The molecule has 0 heterocycles. The molecule has 2 atom stereocenters. The average molecular weight is 218 g/mol. The summed E-state index contributed by atoms with van der Waals surface area (Å²) >= 11 is 1.83. The van der Waals surface area contributed by atoms with Crippen molar-refractivity contribution in [3.05, 3.63) is 0 Å². The van der Waals surface area contributed by atoms with Crippen LogP contribution in [-0.2, 0) is 4.79 Å². The van der Waals surface area contributed by atoms with Crippen LogP contribution in [-0.4, -0.2) is 29.5 Å². The van der Waals surface area contributed by atoms with Gasteiger partial charge in [0.05, 0.1) is 6.04 Å². The van der Waals surface area contributed by atoms with Gasteiger partial charge in [-0.15, -0.1) is 0 Å². The Kier molecular flexibility index (Phi) is 7.99. The smallest absolute Gasteiger partial charge is 0.237 e. The van der Waals surface area contributed by atoms with Crippen molar-refractivity contribution in [3.8, 4) is 0 Å². The summed E-state index contributed by atoms with van der Waals surface area (Å²) in [6.07, 6.45) is 1.71.